The molecule has 0 N–H and O–H groups in total. The van der Waals surface area contributed by atoms with Gasteiger partial charge in [0, 0.05) is 59.0 Å². The molecule has 64 heavy (non-hydrogen) atoms. The van der Waals surface area contributed by atoms with Gasteiger partial charge in [0.2, 0.25) is 0 Å². The molecule has 3 heterocycles. The van der Waals surface area contributed by atoms with E-state index in [4.69, 9.17) is 93.4 Å². The molecular weight excluding hydrogens is 785 g/mol. The second-order valence-corrected chi connectivity index (χ2v) is 16.8. The van der Waals surface area contributed by atoms with Gasteiger partial charge < -0.3 is 4.57 Å². The number of benzene rings is 8. The maximum Gasteiger partial charge on any atom is 0.164 e. The van der Waals surface area contributed by atoms with Gasteiger partial charge in [-0.2, -0.15) is 0 Å². The molecule has 15 heteroatoms. The van der Waals surface area contributed by atoms with Crippen LogP contribution in [0.1, 0.15) is 0 Å². The van der Waals surface area contributed by atoms with Gasteiger partial charge in [0.1, 0.15) is 78.5 Å². The van der Waals surface area contributed by atoms with E-state index in [9.17, 15) is 0 Å². The Morgan fingerprint density at radius 3 is 1.44 bits per heavy atom. The second kappa shape index (κ2) is 15.2. The molecule has 272 valence electrons. The molecule has 0 aliphatic carbocycles. The average molecular weight is 805 g/mol. The third-order valence-electron chi connectivity index (χ3n) is 12.2. The zero-order valence-corrected chi connectivity index (χ0v) is 34.8. The summed E-state index contributed by atoms with van der Waals surface area (Å²) in [5.74, 6) is 1.42. The Kier molecular flexibility index (Phi) is 9.59. The maximum atomic E-state index is 7.25. The van der Waals surface area contributed by atoms with Gasteiger partial charge in [-0.1, -0.05) is 136 Å². The predicted molar refractivity (Wildman–Crippen MR) is 280 cm³/mol. The summed E-state index contributed by atoms with van der Waals surface area (Å²) in [6.07, 6.45) is 0. The summed E-state index contributed by atoms with van der Waals surface area (Å²) in [5, 5.41) is 3.46. The van der Waals surface area contributed by atoms with Crippen LogP contribution in [0, 0.1) is 0 Å². The van der Waals surface area contributed by atoms with E-state index >= 15 is 0 Å². The summed E-state index contributed by atoms with van der Waals surface area (Å²) in [6.45, 7) is 0. The fourth-order valence-electron chi connectivity index (χ4n) is 8.98. The minimum absolute atomic E-state index is 0.0778. The number of fused-ring (bicyclic) bond motifs is 7. The molecule has 0 atom stereocenters. The smallest absolute Gasteiger partial charge is 0.164 e. The summed E-state index contributed by atoms with van der Waals surface area (Å²) in [4.78, 5) is 15.5. The molecule has 20 radical (unpaired) electrons. The second-order valence-electron chi connectivity index (χ2n) is 15.7. The summed E-state index contributed by atoms with van der Waals surface area (Å²) in [6, 6.07) is 40.5. The van der Waals surface area contributed by atoms with Crippen LogP contribution in [0.25, 0.3) is 104 Å². The van der Waals surface area contributed by atoms with Crippen molar-refractivity contribution in [2.75, 3.05) is 0 Å². The highest BCUT2D eigenvalue weighted by Gasteiger charge is 2.26. The van der Waals surface area contributed by atoms with E-state index < -0.39 is 0 Å². The van der Waals surface area contributed by atoms with Crippen molar-refractivity contribution >= 4 is 197 Å². The number of hydrogen-bond donors (Lipinski definition) is 0. The first-order chi connectivity index (χ1) is 30.9. The zero-order chi connectivity index (χ0) is 44.3. The van der Waals surface area contributed by atoms with Crippen molar-refractivity contribution in [3.05, 3.63) is 121 Å². The van der Waals surface area contributed by atoms with Crippen LogP contribution >= 0.6 is 11.3 Å². The highest BCUT2D eigenvalue weighted by molar-refractivity contribution is 7.26. The lowest BCUT2D eigenvalue weighted by Crippen LogP contribution is -2.50. The minimum Gasteiger partial charge on any atom is -0.310 e. The Bertz CT molecular complexity index is 3780. The Balaban J connectivity index is 1.27. The standard InChI is InChI=1S/C49H20B10N4S/c50-35-31-32(37(52)41(56)40(55)36(31)51)39(54)45-33(35)34-38(53)42(57)43(58)44(59)46(34)63(45)25-19-27(30-26-13-7-8-14-28(26)64-29(30)20-25)49-61-47(23-11-5-2-6-12-23)60-48(62-49)24-17-15-22(16-18-24)21-9-3-1-4-10-21/h1-20H. The molecule has 0 bridgehead atoms. The molecule has 8 aromatic carbocycles. The summed E-state index contributed by atoms with van der Waals surface area (Å²) >= 11 is 1.62. The molecule has 0 unspecified atom stereocenters. The molecule has 0 saturated carbocycles. The van der Waals surface area contributed by atoms with Crippen molar-refractivity contribution in [2.24, 2.45) is 0 Å². The Hall–Kier alpha value is -6.30. The van der Waals surface area contributed by atoms with Crippen LogP contribution in [-0.4, -0.2) is 98.0 Å². The van der Waals surface area contributed by atoms with Crippen LogP contribution in [0.15, 0.2) is 121 Å². The highest BCUT2D eigenvalue weighted by Crippen LogP contribution is 2.43. The lowest BCUT2D eigenvalue weighted by atomic mass is 9.61. The van der Waals surface area contributed by atoms with Crippen LogP contribution in [0.5, 0.6) is 0 Å². The van der Waals surface area contributed by atoms with E-state index in [2.05, 4.69) is 42.5 Å². The number of aromatic nitrogens is 4. The van der Waals surface area contributed by atoms with Gasteiger partial charge >= 0.3 is 0 Å². The van der Waals surface area contributed by atoms with Gasteiger partial charge in [0.15, 0.2) is 17.5 Å². The number of thiophene rings is 1. The zero-order valence-electron chi connectivity index (χ0n) is 34.0. The number of rotatable bonds is 5. The van der Waals surface area contributed by atoms with Crippen molar-refractivity contribution in [3.63, 3.8) is 0 Å². The van der Waals surface area contributed by atoms with Crippen LogP contribution < -0.4 is 54.6 Å². The number of hydrogen-bond acceptors (Lipinski definition) is 4. The summed E-state index contributed by atoms with van der Waals surface area (Å²) in [7, 11) is 67.6. The first-order valence-electron chi connectivity index (χ1n) is 20.2. The largest absolute Gasteiger partial charge is 0.310 e. The molecule has 0 aliphatic heterocycles. The van der Waals surface area contributed by atoms with Crippen LogP contribution in [-0.2, 0) is 0 Å². The van der Waals surface area contributed by atoms with Crippen LogP contribution in [0.2, 0.25) is 0 Å². The normalized spacial score (nSPS) is 11.8. The molecule has 0 fully saturated rings. The van der Waals surface area contributed by atoms with E-state index in [0.29, 0.717) is 61.3 Å². The molecule has 4 nitrogen and oxygen atoms in total. The van der Waals surface area contributed by atoms with Gasteiger partial charge in [-0.15, -0.1) is 33.2 Å². The predicted octanol–water partition coefficient (Wildman–Crippen LogP) is 1.10. The van der Waals surface area contributed by atoms with Crippen molar-refractivity contribution in [2.45, 2.75) is 0 Å². The Morgan fingerprint density at radius 2 is 0.797 bits per heavy atom. The van der Waals surface area contributed by atoms with Gasteiger partial charge in [0.05, 0.1) is 0 Å². The fraction of sp³-hybridized carbons (Fsp3) is 0. The first kappa shape index (κ1) is 40.5. The van der Waals surface area contributed by atoms with Gasteiger partial charge in [-0.05, 0) is 45.5 Å². The quantitative estimate of drug-likeness (QED) is 0.245. The fourth-order valence-corrected chi connectivity index (χ4v) is 10.1. The topological polar surface area (TPSA) is 43.6 Å². The Labute approximate surface area is 386 Å². The third-order valence-corrected chi connectivity index (χ3v) is 13.3. The van der Waals surface area contributed by atoms with Gasteiger partial charge in [-0.25, -0.2) is 15.0 Å². The number of nitrogens with zero attached hydrogens (tertiary/aromatic N) is 4. The van der Waals surface area contributed by atoms with Crippen molar-refractivity contribution in [3.8, 4) is 51.0 Å². The Morgan fingerprint density at radius 1 is 0.344 bits per heavy atom. The van der Waals surface area contributed by atoms with E-state index in [-0.39, 0.29) is 54.6 Å². The highest BCUT2D eigenvalue weighted by atomic mass is 32.1. The molecular formula is C49H20B10N4S. The van der Waals surface area contributed by atoms with Crippen molar-refractivity contribution < 1.29 is 0 Å². The lowest BCUT2D eigenvalue weighted by molar-refractivity contribution is 1.07. The van der Waals surface area contributed by atoms with Crippen molar-refractivity contribution in [1.29, 1.82) is 0 Å². The minimum atomic E-state index is 0.0778. The van der Waals surface area contributed by atoms with E-state index in [1.807, 2.05) is 83.4 Å². The van der Waals surface area contributed by atoms with Gasteiger partial charge in [0.25, 0.3) is 0 Å². The average Bonchev–Trinajstić information content (AvgIpc) is 3.90. The molecule has 0 amide bonds. The molecule has 0 spiro atoms. The van der Waals surface area contributed by atoms with Gasteiger partial charge in [-0.3, -0.25) is 0 Å². The molecule has 3 aromatic heterocycles. The summed E-state index contributed by atoms with van der Waals surface area (Å²) < 4.78 is 3.86. The summed E-state index contributed by atoms with van der Waals surface area (Å²) in [5.41, 5.74) is 7.26. The first-order valence-corrected chi connectivity index (χ1v) is 21.0. The molecule has 11 rings (SSSR count). The van der Waals surface area contributed by atoms with Crippen molar-refractivity contribution in [1.82, 2.24) is 19.5 Å². The monoisotopic (exact) mass is 806 g/mol. The SMILES string of the molecule is [B]c1c([B])c([B])c2c([B])c3c(c([B])c2c1[B])c1c([B])c([B])c([B])c([B])c1n3-c1cc(-c2nc(-c3ccccc3)nc(-c3ccc(-c4ccccc4)cc3)n2)c2c(c1)sc1ccccc12. The van der Waals surface area contributed by atoms with E-state index in [1.54, 1.807) is 11.3 Å². The molecule has 0 aliphatic rings. The maximum absolute atomic E-state index is 7.25. The van der Waals surface area contributed by atoms with Crippen LogP contribution in [0.3, 0.4) is 0 Å². The van der Waals surface area contributed by atoms with E-state index in [1.165, 1.54) is 0 Å². The lowest BCUT2D eigenvalue weighted by Gasteiger charge is -2.22. The van der Waals surface area contributed by atoms with Crippen LogP contribution in [0.4, 0.5) is 0 Å². The third kappa shape index (κ3) is 6.00. The molecule has 11 aromatic rings. The van der Waals surface area contributed by atoms with E-state index in [0.717, 1.165) is 42.4 Å². The molecule has 0 saturated heterocycles.